The van der Waals surface area contributed by atoms with Gasteiger partial charge in [0.15, 0.2) is 0 Å². The number of carbonyl (C=O) groups excluding carboxylic acids is 1. The number of halogens is 1. The molecule has 2 heterocycles. The van der Waals surface area contributed by atoms with Gasteiger partial charge >= 0.3 is 0 Å². The Morgan fingerprint density at radius 2 is 1.84 bits per heavy atom. The number of imidazole rings is 1. The first-order valence-electron chi connectivity index (χ1n) is 10.8. The number of carbonyl (C=O) groups is 1. The molecule has 32 heavy (non-hydrogen) atoms. The van der Waals surface area contributed by atoms with E-state index in [0.29, 0.717) is 29.4 Å². The minimum absolute atomic E-state index is 0.00522. The molecule has 1 saturated heterocycles. The van der Waals surface area contributed by atoms with Gasteiger partial charge in [-0.1, -0.05) is 54.1 Å². The number of methoxy groups -OCH3 is 1. The molecule has 5 nitrogen and oxygen atoms in total. The molecule has 0 saturated carbocycles. The molecule has 162 valence electrons. The van der Waals surface area contributed by atoms with E-state index in [1.54, 1.807) is 30.2 Å². The number of hydrogen-bond donors (Lipinski definition) is 0. The molecule has 0 radical (unpaired) electrons. The van der Waals surface area contributed by atoms with Gasteiger partial charge in [-0.05, 0) is 42.3 Å². The van der Waals surface area contributed by atoms with E-state index in [1.165, 1.54) is 5.56 Å². The molecule has 1 aliphatic heterocycles. The molecule has 1 fully saturated rings. The van der Waals surface area contributed by atoms with E-state index in [0.717, 1.165) is 29.8 Å². The third kappa shape index (κ3) is 3.84. The monoisotopic (exact) mass is 445 g/mol. The van der Waals surface area contributed by atoms with Crippen LogP contribution in [0.1, 0.15) is 23.7 Å². The lowest BCUT2D eigenvalue weighted by molar-refractivity contribution is -0.117. The quantitative estimate of drug-likeness (QED) is 0.396. The molecule has 4 aromatic rings. The fraction of sp³-hybridized carbons (Fsp3) is 0.231. The first-order valence-corrected chi connectivity index (χ1v) is 11.1. The third-order valence-corrected chi connectivity index (χ3v) is 6.31. The van der Waals surface area contributed by atoms with Crippen molar-refractivity contribution in [1.29, 1.82) is 0 Å². The van der Waals surface area contributed by atoms with Crippen molar-refractivity contribution >= 4 is 34.2 Å². The van der Waals surface area contributed by atoms with Gasteiger partial charge in [-0.15, -0.1) is 0 Å². The highest BCUT2D eigenvalue weighted by atomic mass is 35.5. The van der Waals surface area contributed by atoms with E-state index in [4.69, 9.17) is 21.3 Å². The third-order valence-electron chi connectivity index (χ3n) is 6.07. The highest BCUT2D eigenvalue weighted by Gasteiger charge is 2.36. The summed E-state index contributed by atoms with van der Waals surface area (Å²) >= 11 is 6.22. The van der Waals surface area contributed by atoms with Crippen molar-refractivity contribution in [3.8, 4) is 5.75 Å². The Morgan fingerprint density at radius 1 is 1.06 bits per heavy atom. The van der Waals surface area contributed by atoms with Gasteiger partial charge in [-0.2, -0.15) is 0 Å². The fourth-order valence-corrected chi connectivity index (χ4v) is 4.68. The zero-order chi connectivity index (χ0) is 22.1. The molecule has 0 unspecified atom stereocenters. The van der Waals surface area contributed by atoms with Crippen molar-refractivity contribution < 1.29 is 9.53 Å². The number of amides is 1. The zero-order valence-electron chi connectivity index (χ0n) is 17.9. The van der Waals surface area contributed by atoms with E-state index in [9.17, 15) is 4.79 Å². The summed E-state index contributed by atoms with van der Waals surface area (Å²) in [6, 6.07) is 24.0. The summed E-state index contributed by atoms with van der Waals surface area (Å²) < 4.78 is 7.76. The molecular weight excluding hydrogens is 422 g/mol. The summed E-state index contributed by atoms with van der Waals surface area (Å²) in [4.78, 5) is 19.8. The molecule has 0 N–H and O–H groups in total. The molecule has 1 aliphatic rings. The Balaban J connectivity index is 1.48. The predicted octanol–water partition coefficient (Wildman–Crippen LogP) is 5.46. The number of aromatic nitrogens is 2. The van der Waals surface area contributed by atoms with Gasteiger partial charge in [0.1, 0.15) is 11.6 Å². The molecule has 0 aliphatic carbocycles. The van der Waals surface area contributed by atoms with Crippen LogP contribution in [0.25, 0.3) is 11.0 Å². The normalized spacial score (nSPS) is 16.1. The molecule has 0 bridgehead atoms. The highest BCUT2D eigenvalue weighted by Crippen LogP contribution is 2.38. The van der Waals surface area contributed by atoms with Crippen LogP contribution in [0.3, 0.4) is 0 Å². The Labute approximate surface area is 192 Å². The summed E-state index contributed by atoms with van der Waals surface area (Å²) in [5.74, 6) is 1.64. The number of hydrogen-bond acceptors (Lipinski definition) is 3. The molecule has 6 heteroatoms. The first kappa shape index (κ1) is 20.6. The number of ether oxygens (including phenoxy) is 1. The van der Waals surface area contributed by atoms with Gasteiger partial charge in [-0.3, -0.25) is 4.79 Å². The smallest absolute Gasteiger partial charge is 0.227 e. The number of nitrogens with zero attached hydrogens (tertiary/aromatic N) is 3. The van der Waals surface area contributed by atoms with Crippen LogP contribution in [-0.2, 0) is 17.8 Å². The van der Waals surface area contributed by atoms with E-state index in [1.807, 2.05) is 24.3 Å². The number of rotatable bonds is 6. The average molecular weight is 446 g/mol. The number of fused-ring (bicyclic) bond motifs is 1. The van der Waals surface area contributed by atoms with Crippen molar-refractivity contribution in [2.24, 2.45) is 0 Å². The van der Waals surface area contributed by atoms with Crippen LogP contribution in [0.2, 0.25) is 5.02 Å². The lowest BCUT2D eigenvalue weighted by atomic mass is 10.1. The second kappa shape index (κ2) is 8.67. The van der Waals surface area contributed by atoms with Crippen molar-refractivity contribution in [2.45, 2.75) is 25.3 Å². The lowest BCUT2D eigenvalue weighted by Gasteiger charge is -2.20. The van der Waals surface area contributed by atoms with Gasteiger partial charge in [-0.25, -0.2) is 4.98 Å². The first-order chi connectivity index (χ1) is 15.6. The second-order valence-electron chi connectivity index (χ2n) is 8.07. The van der Waals surface area contributed by atoms with E-state index in [-0.39, 0.29) is 11.8 Å². The predicted molar refractivity (Wildman–Crippen MR) is 128 cm³/mol. The van der Waals surface area contributed by atoms with Crippen LogP contribution in [0.5, 0.6) is 5.75 Å². The summed E-state index contributed by atoms with van der Waals surface area (Å²) in [6.45, 7) is 1.36. The lowest BCUT2D eigenvalue weighted by Crippen LogP contribution is -2.25. The largest absolute Gasteiger partial charge is 0.495 e. The molecule has 0 spiro atoms. The summed E-state index contributed by atoms with van der Waals surface area (Å²) in [6.07, 6.45) is 1.31. The molecule has 5 rings (SSSR count). The molecular formula is C26H24ClN3O2. The molecule has 3 aromatic carbocycles. The zero-order valence-corrected chi connectivity index (χ0v) is 18.6. The van der Waals surface area contributed by atoms with Gasteiger partial charge in [0.25, 0.3) is 0 Å². The fourth-order valence-electron chi connectivity index (χ4n) is 4.51. The van der Waals surface area contributed by atoms with E-state index >= 15 is 0 Å². The van der Waals surface area contributed by atoms with E-state index < -0.39 is 0 Å². The van der Waals surface area contributed by atoms with Crippen molar-refractivity contribution in [2.75, 3.05) is 18.6 Å². The van der Waals surface area contributed by atoms with Crippen LogP contribution in [0.15, 0.2) is 72.8 Å². The van der Waals surface area contributed by atoms with Crippen LogP contribution >= 0.6 is 11.6 Å². The number of aryl methyl sites for hydroxylation is 2. The van der Waals surface area contributed by atoms with Crippen LogP contribution in [0.4, 0.5) is 5.69 Å². The van der Waals surface area contributed by atoms with Crippen molar-refractivity contribution in [3.63, 3.8) is 0 Å². The topological polar surface area (TPSA) is 47.4 Å². The van der Waals surface area contributed by atoms with Crippen LogP contribution < -0.4 is 9.64 Å². The second-order valence-corrected chi connectivity index (χ2v) is 8.50. The van der Waals surface area contributed by atoms with E-state index in [2.05, 4.69) is 34.9 Å². The minimum Gasteiger partial charge on any atom is -0.495 e. The maximum absolute atomic E-state index is 13.0. The van der Waals surface area contributed by atoms with Gasteiger partial charge in [0.2, 0.25) is 5.91 Å². The molecule has 1 amide bonds. The van der Waals surface area contributed by atoms with Gasteiger partial charge in [0.05, 0.1) is 23.8 Å². The number of benzene rings is 3. The maximum Gasteiger partial charge on any atom is 0.227 e. The highest BCUT2D eigenvalue weighted by molar-refractivity contribution is 6.31. The van der Waals surface area contributed by atoms with Crippen molar-refractivity contribution in [1.82, 2.24) is 9.55 Å². The summed E-state index contributed by atoms with van der Waals surface area (Å²) in [7, 11) is 1.60. The van der Waals surface area contributed by atoms with Crippen LogP contribution in [-0.4, -0.2) is 29.1 Å². The molecule has 1 aromatic heterocycles. The SMILES string of the molecule is COc1ccc(Cl)cc1N1C[C@@H](c2nc3ccccc3n2CCc2ccccc2)CC1=O. The average Bonchev–Trinajstić information content (AvgIpc) is 3.38. The summed E-state index contributed by atoms with van der Waals surface area (Å²) in [5, 5.41) is 0.576. The number of para-hydroxylation sites is 2. The standard InChI is InChI=1S/C26H24ClN3O2/c1-32-24-12-11-20(27)16-23(24)30-17-19(15-25(30)31)26-28-21-9-5-6-10-22(21)29(26)14-13-18-7-3-2-4-8-18/h2-12,16,19H,13-15,17H2,1H3/t19-/m0/s1. The Kier molecular flexibility index (Phi) is 5.58. The van der Waals surface area contributed by atoms with Gasteiger partial charge < -0.3 is 14.2 Å². The van der Waals surface area contributed by atoms with Crippen molar-refractivity contribution in [3.05, 3.63) is 89.2 Å². The Morgan fingerprint density at radius 3 is 2.66 bits per heavy atom. The maximum atomic E-state index is 13.0. The van der Waals surface area contributed by atoms with Gasteiger partial charge in [0, 0.05) is 30.5 Å². The number of anilines is 1. The van der Waals surface area contributed by atoms with Crippen LogP contribution in [0, 0.1) is 0 Å². The Hall–Kier alpha value is -3.31. The minimum atomic E-state index is -0.00522. The summed E-state index contributed by atoms with van der Waals surface area (Å²) in [5.41, 5.74) is 4.05. The molecule has 1 atom stereocenters. The Bertz CT molecular complexity index is 1270.